The Hall–Kier alpha value is -3.81. The molecule has 2 saturated heterocycles. The lowest BCUT2D eigenvalue weighted by molar-refractivity contribution is 0.613. The van der Waals surface area contributed by atoms with E-state index in [0.29, 0.717) is 12.1 Å². The van der Waals surface area contributed by atoms with Gasteiger partial charge in [0.2, 0.25) is 0 Å². The Morgan fingerprint density at radius 2 is 1.19 bits per heavy atom. The summed E-state index contributed by atoms with van der Waals surface area (Å²) >= 11 is 0. The van der Waals surface area contributed by atoms with E-state index in [1.165, 1.54) is 18.4 Å². The van der Waals surface area contributed by atoms with E-state index in [1.54, 1.807) is 0 Å². The number of rotatable bonds is 5. The molecule has 7 rings (SSSR count). The zero-order valence-corrected chi connectivity index (χ0v) is 20.1. The van der Waals surface area contributed by atoms with E-state index in [0.717, 1.165) is 76.6 Å². The van der Waals surface area contributed by atoms with Crippen LogP contribution in [0.15, 0.2) is 67.1 Å². The maximum atomic E-state index is 4.77. The molecule has 0 saturated carbocycles. The predicted octanol–water partition coefficient (Wildman–Crippen LogP) is 5.53. The Bertz CT molecular complexity index is 1500. The van der Waals surface area contributed by atoms with Crippen molar-refractivity contribution in [2.45, 2.75) is 37.8 Å². The van der Waals surface area contributed by atoms with E-state index in [9.17, 15) is 0 Å². The molecule has 7 nitrogen and oxygen atoms in total. The van der Waals surface area contributed by atoms with Crippen molar-refractivity contribution < 1.29 is 0 Å². The number of benzene rings is 2. The Labute approximate surface area is 209 Å². The molecular formula is C29H29N7. The third-order valence-electron chi connectivity index (χ3n) is 7.50. The second-order valence-corrected chi connectivity index (χ2v) is 9.87. The van der Waals surface area contributed by atoms with Crippen LogP contribution >= 0.6 is 0 Å². The fourth-order valence-corrected chi connectivity index (χ4v) is 5.45. The molecule has 0 bridgehead atoms. The van der Waals surface area contributed by atoms with Crippen molar-refractivity contribution in [3.05, 3.63) is 78.8 Å². The van der Waals surface area contributed by atoms with Gasteiger partial charge in [-0.25, -0.2) is 9.97 Å². The highest BCUT2D eigenvalue weighted by Gasteiger charge is 2.20. The maximum absolute atomic E-state index is 4.77. The monoisotopic (exact) mass is 475 g/mol. The quantitative estimate of drug-likeness (QED) is 0.268. The highest BCUT2D eigenvalue weighted by Crippen LogP contribution is 2.30. The minimum absolute atomic E-state index is 0.334. The number of imidazole rings is 2. The molecular weight excluding hydrogens is 446 g/mol. The van der Waals surface area contributed by atoms with Crippen LogP contribution in [0.3, 0.4) is 0 Å². The topological polar surface area (TPSA) is 94.3 Å². The molecule has 2 aromatic carbocycles. The summed E-state index contributed by atoms with van der Waals surface area (Å²) < 4.78 is 0. The highest BCUT2D eigenvalue weighted by atomic mass is 15.0. The molecule has 0 spiro atoms. The summed E-state index contributed by atoms with van der Waals surface area (Å²) in [5.41, 5.74) is 7.59. The van der Waals surface area contributed by atoms with Crippen molar-refractivity contribution in [1.29, 1.82) is 0 Å². The largest absolute Gasteiger partial charge is 0.341 e. The standard InChI is InChI=1S/C29H29N7/c1-3-23(30-11-1)28-33-16-26(35-28)19-7-5-18(6-8-19)20-9-10-21-13-22(15-32-25(21)14-20)27-17-34-29(36-27)24-4-2-12-31-24/h5-10,13-17,23-24,30-31H,1-4,11-12H2,(H,33,35)(H,34,36)/t23?,24-/m0/s1. The van der Waals surface area contributed by atoms with Crippen LogP contribution < -0.4 is 10.6 Å². The Balaban J connectivity index is 1.11. The molecule has 36 heavy (non-hydrogen) atoms. The van der Waals surface area contributed by atoms with Crippen molar-refractivity contribution in [3.8, 4) is 33.6 Å². The smallest absolute Gasteiger partial charge is 0.123 e. The van der Waals surface area contributed by atoms with Crippen LogP contribution in [-0.4, -0.2) is 38.0 Å². The molecule has 2 aliphatic rings. The van der Waals surface area contributed by atoms with Gasteiger partial charge in [0.1, 0.15) is 11.6 Å². The first kappa shape index (κ1) is 21.5. The summed E-state index contributed by atoms with van der Waals surface area (Å²) in [5, 5.41) is 8.12. The van der Waals surface area contributed by atoms with E-state index >= 15 is 0 Å². The predicted molar refractivity (Wildman–Crippen MR) is 142 cm³/mol. The van der Waals surface area contributed by atoms with E-state index in [-0.39, 0.29) is 0 Å². The van der Waals surface area contributed by atoms with Crippen LogP contribution in [0.5, 0.6) is 0 Å². The average Bonchev–Trinajstić information content (AvgIpc) is 3.75. The molecule has 1 unspecified atom stereocenters. The molecule has 2 fully saturated rings. The Morgan fingerprint density at radius 3 is 1.83 bits per heavy atom. The molecule has 7 heteroatoms. The first-order valence-corrected chi connectivity index (χ1v) is 12.9. The first-order valence-electron chi connectivity index (χ1n) is 12.9. The summed E-state index contributed by atoms with van der Waals surface area (Å²) in [5.74, 6) is 2.05. The molecule has 2 aliphatic heterocycles. The molecule has 180 valence electrons. The summed E-state index contributed by atoms with van der Waals surface area (Å²) in [7, 11) is 0. The van der Waals surface area contributed by atoms with E-state index in [2.05, 4.69) is 79.1 Å². The summed E-state index contributed by atoms with van der Waals surface area (Å²) in [6.45, 7) is 2.13. The lowest BCUT2D eigenvalue weighted by Gasteiger charge is -2.07. The molecule has 2 atom stereocenters. The third kappa shape index (κ3) is 4.00. The second-order valence-electron chi connectivity index (χ2n) is 9.87. The maximum Gasteiger partial charge on any atom is 0.123 e. The molecule has 5 aromatic rings. The summed E-state index contributed by atoms with van der Waals surface area (Å²) in [4.78, 5) is 21.0. The second kappa shape index (κ2) is 9.00. The van der Waals surface area contributed by atoms with Crippen LogP contribution in [-0.2, 0) is 0 Å². The number of aromatic amines is 2. The number of pyridine rings is 1. The van der Waals surface area contributed by atoms with Crippen molar-refractivity contribution in [3.63, 3.8) is 0 Å². The van der Waals surface area contributed by atoms with Gasteiger partial charge in [-0.3, -0.25) is 4.98 Å². The number of hydrogen-bond donors (Lipinski definition) is 4. The van der Waals surface area contributed by atoms with Gasteiger partial charge in [0.15, 0.2) is 0 Å². The molecule has 5 heterocycles. The van der Waals surface area contributed by atoms with Gasteiger partial charge in [-0.15, -0.1) is 0 Å². The molecule has 0 amide bonds. The molecule has 0 radical (unpaired) electrons. The van der Waals surface area contributed by atoms with Gasteiger partial charge in [0.25, 0.3) is 0 Å². The molecule has 3 aromatic heterocycles. The third-order valence-corrected chi connectivity index (χ3v) is 7.50. The van der Waals surface area contributed by atoms with Gasteiger partial charge >= 0.3 is 0 Å². The zero-order valence-electron chi connectivity index (χ0n) is 20.1. The van der Waals surface area contributed by atoms with Crippen LogP contribution in [0, 0.1) is 0 Å². The minimum Gasteiger partial charge on any atom is -0.341 e. The van der Waals surface area contributed by atoms with Crippen molar-refractivity contribution >= 4 is 10.9 Å². The average molecular weight is 476 g/mol. The number of nitrogens with one attached hydrogen (secondary N) is 4. The molecule has 0 aliphatic carbocycles. The van der Waals surface area contributed by atoms with Crippen molar-refractivity contribution in [2.75, 3.05) is 13.1 Å². The zero-order chi connectivity index (χ0) is 23.9. The molecule has 4 N–H and O–H groups in total. The number of aromatic nitrogens is 5. The van der Waals surface area contributed by atoms with Gasteiger partial charge in [0.05, 0.1) is 41.4 Å². The fraction of sp³-hybridized carbons (Fsp3) is 0.276. The van der Waals surface area contributed by atoms with Gasteiger partial charge in [-0.2, -0.15) is 0 Å². The van der Waals surface area contributed by atoms with E-state index in [4.69, 9.17) is 4.98 Å². The van der Waals surface area contributed by atoms with Crippen molar-refractivity contribution in [1.82, 2.24) is 35.6 Å². The van der Waals surface area contributed by atoms with Crippen LogP contribution in [0.2, 0.25) is 0 Å². The summed E-state index contributed by atoms with van der Waals surface area (Å²) in [6.07, 6.45) is 10.5. The van der Waals surface area contributed by atoms with E-state index in [1.807, 2.05) is 18.6 Å². The first-order chi connectivity index (χ1) is 17.8. The van der Waals surface area contributed by atoms with Gasteiger partial charge in [-0.1, -0.05) is 36.4 Å². The number of nitrogens with zero attached hydrogens (tertiary/aromatic N) is 3. The number of fused-ring (bicyclic) bond motifs is 1. The highest BCUT2D eigenvalue weighted by molar-refractivity contribution is 5.87. The van der Waals surface area contributed by atoms with Gasteiger partial charge < -0.3 is 20.6 Å². The SMILES string of the molecule is c1cc(-c2cnc(C3CCCN3)[nH]2)ccc1-c1ccc2cc(-c3cnc([C@@H]4CCCN4)[nH]3)cnc2c1. The normalized spacial score (nSPS) is 19.9. The lowest BCUT2D eigenvalue weighted by atomic mass is 10.0. The number of hydrogen-bond acceptors (Lipinski definition) is 5. The summed E-state index contributed by atoms with van der Waals surface area (Å²) in [6, 6.07) is 18.0. The van der Waals surface area contributed by atoms with Crippen LogP contribution in [0.1, 0.15) is 49.4 Å². The van der Waals surface area contributed by atoms with Gasteiger partial charge in [-0.05, 0) is 67.6 Å². The number of H-pyrrole nitrogens is 2. The van der Waals surface area contributed by atoms with E-state index < -0.39 is 0 Å². The fourth-order valence-electron chi connectivity index (χ4n) is 5.45. The Morgan fingerprint density at radius 1 is 0.583 bits per heavy atom. The minimum atomic E-state index is 0.334. The van der Waals surface area contributed by atoms with Crippen molar-refractivity contribution in [2.24, 2.45) is 0 Å². The Kier molecular flexibility index (Phi) is 5.37. The van der Waals surface area contributed by atoms with Gasteiger partial charge in [0, 0.05) is 17.1 Å². The lowest BCUT2D eigenvalue weighted by Crippen LogP contribution is -2.14. The van der Waals surface area contributed by atoms with Crippen LogP contribution in [0.4, 0.5) is 0 Å². The van der Waals surface area contributed by atoms with Crippen LogP contribution in [0.25, 0.3) is 44.5 Å².